The Kier molecular flexibility index (Phi) is 4.76. The summed E-state index contributed by atoms with van der Waals surface area (Å²) in [5.41, 5.74) is 8.73. The zero-order chi connectivity index (χ0) is 19.5. The largest absolute Gasteiger partial charge is 0.497 e. The van der Waals surface area contributed by atoms with E-state index in [-0.39, 0.29) is 0 Å². The molecule has 2 heterocycles. The van der Waals surface area contributed by atoms with Crippen molar-refractivity contribution in [2.45, 2.75) is 0 Å². The first kappa shape index (κ1) is 17.7. The van der Waals surface area contributed by atoms with Crippen LogP contribution in [-0.2, 0) is 0 Å². The van der Waals surface area contributed by atoms with Gasteiger partial charge in [-0.2, -0.15) is 5.10 Å². The summed E-state index contributed by atoms with van der Waals surface area (Å²) < 4.78 is 5.43. The highest BCUT2D eigenvalue weighted by Crippen LogP contribution is 2.30. The number of hydrogen-bond donors (Lipinski definition) is 1. The average molecular weight is 371 g/mol. The van der Waals surface area contributed by atoms with Gasteiger partial charge in [0.05, 0.1) is 12.8 Å². The predicted octanol–water partition coefficient (Wildman–Crippen LogP) is 3.59. The molecule has 0 unspecified atom stereocenters. The van der Waals surface area contributed by atoms with Crippen molar-refractivity contribution in [1.29, 1.82) is 0 Å². The Bertz CT molecular complexity index is 1040. The van der Waals surface area contributed by atoms with E-state index < -0.39 is 0 Å². The second-order valence-corrected chi connectivity index (χ2v) is 6.59. The number of anilines is 1. The first-order valence-electron chi connectivity index (χ1n) is 8.94. The van der Waals surface area contributed by atoms with Gasteiger partial charge in [-0.3, -0.25) is 10.4 Å². The Morgan fingerprint density at radius 1 is 0.893 bits per heavy atom. The third-order valence-electron chi connectivity index (χ3n) is 4.58. The van der Waals surface area contributed by atoms with Gasteiger partial charge in [0, 0.05) is 48.9 Å². The van der Waals surface area contributed by atoms with Crippen molar-refractivity contribution in [3.63, 3.8) is 0 Å². The third-order valence-corrected chi connectivity index (χ3v) is 4.58. The number of ether oxygens (including phenoxy) is 1. The minimum Gasteiger partial charge on any atom is -0.497 e. The summed E-state index contributed by atoms with van der Waals surface area (Å²) in [4.78, 5) is 11.0. The SMILES string of the molecule is COc1ccc2c(c1)C(c1ccc(N(C)C)cc1)=NNC(c1ccncc1)=N2. The lowest BCUT2D eigenvalue weighted by Gasteiger charge is -2.14. The molecule has 0 saturated heterocycles. The highest BCUT2D eigenvalue weighted by Gasteiger charge is 2.18. The number of methoxy groups -OCH3 is 1. The number of hydrazone groups is 1. The Hall–Kier alpha value is -3.67. The number of nitrogens with zero attached hydrogens (tertiary/aromatic N) is 4. The molecule has 0 bridgehead atoms. The maximum atomic E-state index is 5.43. The maximum Gasteiger partial charge on any atom is 0.154 e. The molecule has 0 spiro atoms. The van der Waals surface area contributed by atoms with Crippen molar-refractivity contribution < 1.29 is 4.74 Å². The monoisotopic (exact) mass is 371 g/mol. The van der Waals surface area contributed by atoms with Crippen LogP contribution in [-0.4, -0.2) is 37.7 Å². The second-order valence-electron chi connectivity index (χ2n) is 6.59. The van der Waals surface area contributed by atoms with Gasteiger partial charge in [0.25, 0.3) is 0 Å². The predicted molar refractivity (Wildman–Crippen MR) is 113 cm³/mol. The van der Waals surface area contributed by atoms with Crippen LogP contribution in [0.15, 0.2) is 77.1 Å². The van der Waals surface area contributed by atoms with Crippen molar-refractivity contribution in [1.82, 2.24) is 10.4 Å². The molecule has 0 fully saturated rings. The van der Waals surface area contributed by atoms with Crippen molar-refractivity contribution in [2.24, 2.45) is 10.1 Å². The molecule has 1 aromatic heterocycles. The normalized spacial score (nSPS) is 12.8. The lowest BCUT2D eigenvalue weighted by Crippen LogP contribution is -2.19. The first-order valence-corrected chi connectivity index (χ1v) is 8.94. The molecule has 1 N–H and O–H groups in total. The van der Waals surface area contributed by atoms with Crippen molar-refractivity contribution in [3.8, 4) is 5.75 Å². The molecule has 140 valence electrons. The Morgan fingerprint density at radius 2 is 1.64 bits per heavy atom. The standard InChI is InChI=1S/C22H21N5O/c1-27(2)17-6-4-15(5-7-17)21-19-14-18(28-3)8-9-20(19)24-22(26-25-21)16-10-12-23-13-11-16/h4-14H,1-3H3,(H,24,26). The van der Waals surface area contributed by atoms with Gasteiger partial charge in [0.2, 0.25) is 0 Å². The van der Waals surface area contributed by atoms with Crippen molar-refractivity contribution in [3.05, 3.63) is 83.7 Å². The minimum atomic E-state index is 0.675. The summed E-state index contributed by atoms with van der Waals surface area (Å²) in [6.07, 6.45) is 3.48. The topological polar surface area (TPSA) is 62.1 Å². The molecule has 2 aromatic carbocycles. The fraction of sp³-hybridized carbons (Fsp3) is 0.136. The van der Waals surface area contributed by atoms with Crippen molar-refractivity contribution in [2.75, 3.05) is 26.1 Å². The smallest absolute Gasteiger partial charge is 0.154 e. The zero-order valence-corrected chi connectivity index (χ0v) is 16.0. The summed E-state index contributed by atoms with van der Waals surface area (Å²) in [7, 11) is 5.70. The number of hydrogen-bond acceptors (Lipinski definition) is 6. The Balaban J connectivity index is 1.83. The number of pyridine rings is 1. The molecule has 28 heavy (non-hydrogen) atoms. The number of amidine groups is 1. The van der Waals surface area contributed by atoms with Gasteiger partial charge >= 0.3 is 0 Å². The van der Waals surface area contributed by atoms with E-state index in [2.05, 4.69) is 44.7 Å². The van der Waals surface area contributed by atoms with Gasteiger partial charge in [0.1, 0.15) is 11.5 Å². The van der Waals surface area contributed by atoms with Crippen LogP contribution in [0.25, 0.3) is 0 Å². The van der Waals surface area contributed by atoms with Gasteiger partial charge in [-0.05, 0) is 42.5 Å². The van der Waals surface area contributed by atoms with E-state index in [9.17, 15) is 0 Å². The highest BCUT2D eigenvalue weighted by molar-refractivity contribution is 6.18. The minimum absolute atomic E-state index is 0.675. The molecular weight excluding hydrogens is 350 g/mol. The van der Waals surface area contributed by atoms with Gasteiger partial charge in [-0.1, -0.05) is 12.1 Å². The summed E-state index contributed by atoms with van der Waals surface area (Å²) in [5.74, 6) is 1.44. The molecule has 0 amide bonds. The number of aliphatic imine (C=N–C) groups is 1. The van der Waals surface area contributed by atoms with E-state index in [1.165, 1.54) is 0 Å². The van der Waals surface area contributed by atoms with Crippen molar-refractivity contribution >= 4 is 22.9 Å². The highest BCUT2D eigenvalue weighted by atomic mass is 16.5. The van der Waals surface area contributed by atoms with Crippen LogP contribution in [0.5, 0.6) is 5.75 Å². The van der Waals surface area contributed by atoms with E-state index in [0.29, 0.717) is 5.84 Å². The van der Waals surface area contributed by atoms with E-state index in [4.69, 9.17) is 9.73 Å². The van der Waals surface area contributed by atoms with Gasteiger partial charge in [0.15, 0.2) is 5.84 Å². The molecule has 6 heteroatoms. The average Bonchev–Trinajstić information content (AvgIpc) is 2.93. The van der Waals surface area contributed by atoms with Crippen LogP contribution in [0.2, 0.25) is 0 Å². The van der Waals surface area contributed by atoms with Crippen LogP contribution >= 0.6 is 0 Å². The molecule has 0 atom stereocenters. The van der Waals surface area contributed by atoms with Gasteiger partial charge in [-0.25, -0.2) is 4.99 Å². The van der Waals surface area contributed by atoms with Crippen LogP contribution < -0.4 is 15.1 Å². The summed E-state index contributed by atoms with van der Waals surface area (Å²) in [5, 5.41) is 4.69. The fourth-order valence-electron chi connectivity index (χ4n) is 3.02. The molecule has 0 aliphatic carbocycles. The second kappa shape index (κ2) is 7.52. The third kappa shape index (κ3) is 3.44. The van der Waals surface area contributed by atoms with Gasteiger partial charge in [-0.15, -0.1) is 0 Å². The van der Waals surface area contributed by atoms with Crippen LogP contribution in [0.3, 0.4) is 0 Å². The van der Waals surface area contributed by atoms with Crippen LogP contribution in [0, 0.1) is 0 Å². The molecule has 0 radical (unpaired) electrons. The Labute approximate surface area is 164 Å². The molecule has 6 nitrogen and oxygen atoms in total. The summed E-state index contributed by atoms with van der Waals surface area (Å²) >= 11 is 0. The van der Waals surface area contributed by atoms with E-state index in [0.717, 1.165) is 39.5 Å². The lowest BCUT2D eigenvalue weighted by atomic mass is 10.00. The quantitative estimate of drug-likeness (QED) is 0.761. The van der Waals surface area contributed by atoms with Gasteiger partial charge < -0.3 is 9.64 Å². The molecule has 4 rings (SSSR count). The number of rotatable bonds is 4. The lowest BCUT2D eigenvalue weighted by molar-refractivity contribution is 0.415. The van der Waals surface area contributed by atoms with Crippen LogP contribution in [0.1, 0.15) is 16.7 Å². The summed E-state index contributed by atoms with van der Waals surface area (Å²) in [6, 6.07) is 17.9. The first-order chi connectivity index (χ1) is 13.7. The number of benzene rings is 2. The van der Waals surface area contributed by atoms with E-state index in [1.54, 1.807) is 19.5 Å². The molecular formula is C22H21N5O. The number of aromatic nitrogens is 1. The van der Waals surface area contributed by atoms with Crippen LogP contribution in [0.4, 0.5) is 11.4 Å². The molecule has 0 saturated carbocycles. The van der Waals surface area contributed by atoms with E-state index >= 15 is 0 Å². The Morgan fingerprint density at radius 3 is 2.32 bits per heavy atom. The number of nitrogens with one attached hydrogen (secondary N) is 1. The fourth-order valence-corrected chi connectivity index (χ4v) is 3.02. The molecule has 1 aliphatic heterocycles. The molecule has 1 aliphatic rings. The number of fused-ring (bicyclic) bond motifs is 1. The summed E-state index contributed by atoms with van der Waals surface area (Å²) in [6.45, 7) is 0. The molecule has 3 aromatic rings. The van der Waals surface area contributed by atoms with E-state index in [1.807, 2.05) is 44.4 Å². The zero-order valence-electron chi connectivity index (χ0n) is 16.0. The maximum absolute atomic E-state index is 5.43.